The molecule has 1 N–H and O–H groups in total. The van der Waals surface area contributed by atoms with Crippen molar-refractivity contribution >= 4 is 23.4 Å². The van der Waals surface area contributed by atoms with E-state index in [0.717, 1.165) is 34.2 Å². The largest absolute Gasteiger partial charge is 0.354 e. The van der Waals surface area contributed by atoms with Gasteiger partial charge in [0.2, 0.25) is 11.8 Å². The molecule has 4 nitrogen and oxygen atoms in total. The number of hydrogen-bond donors (Lipinski definition) is 1. The van der Waals surface area contributed by atoms with Crippen LogP contribution in [-0.2, 0) is 29.0 Å². The Bertz CT molecular complexity index is 1080. The highest BCUT2D eigenvalue weighted by molar-refractivity contribution is 6.30. The van der Waals surface area contributed by atoms with Crippen LogP contribution in [0.4, 0.5) is 0 Å². The highest BCUT2D eigenvalue weighted by atomic mass is 35.5. The molecule has 2 amide bonds. The second-order valence-corrected chi connectivity index (χ2v) is 9.25. The molecule has 0 radical (unpaired) electrons. The van der Waals surface area contributed by atoms with Crippen LogP contribution in [0.2, 0.25) is 5.02 Å². The Morgan fingerprint density at radius 1 is 0.882 bits per heavy atom. The van der Waals surface area contributed by atoms with Gasteiger partial charge in [-0.3, -0.25) is 9.59 Å². The first-order valence-electron chi connectivity index (χ1n) is 11.8. The molecule has 5 heteroatoms. The minimum absolute atomic E-state index is 0.0764. The monoisotopic (exact) mass is 476 g/mol. The zero-order valence-corrected chi connectivity index (χ0v) is 20.9. The van der Waals surface area contributed by atoms with Crippen LogP contribution in [0.3, 0.4) is 0 Å². The van der Waals surface area contributed by atoms with Gasteiger partial charge in [-0.25, -0.2) is 0 Å². The number of carbonyl (C=O) groups excluding carboxylic acids is 2. The first-order chi connectivity index (χ1) is 16.4. The molecule has 0 aliphatic rings. The molecular weight excluding hydrogens is 444 g/mol. The van der Waals surface area contributed by atoms with Crippen molar-refractivity contribution in [1.29, 1.82) is 0 Å². The summed E-state index contributed by atoms with van der Waals surface area (Å²) in [6, 6.07) is 22.8. The van der Waals surface area contributed by atoms with Gasteiger partial charge in [0.1, 0.15) is 6.04 Å². The van der Waals surface area contributed by atoms with Crippen molar-refractivity contribution in [3.8, 4) is 0 Å². The van der Waals surface area contributed by atoms with Gasteiger partial charge in [-0.1, -0.05) is 90.3 Å². The van der Waals surface area contributed by atoms with Gasteiger partial charge in [-0.05, 0) is 49.1 Å². The van der Waals surface area contributed by atoms with E-state index in [-0.39, 0.29) is 18.2 Å². The number of halogens is 1. The van der Waals surface area contributed by atoms with Crippen LogP contribution in [0, 0.1) is 13.8 Å². The number of benzene rings is 3. The van der Waals surface area contributed by atoms with Crippen LogP contribution in [0.25, 0.3) is 0 Å². The van der Waals surface area contributed by atoms with E-state index in [4.69, 9.17) is 11.6 Å². The maximum absolute atomic E-state index is 13.7. The zero-order valence-electron chi connectivity index (χ0n) is 20.2. The Kier molecular flexibility index (Phi) is 9.29. The minimum Gasteiger partial charge on any atom is -0.354 e. The van der Waals surface area contributed by atoms with Gasteiger partial charge in [-0.15, -0.1) is 0 Å². The van der Waals surface area contributed by atoms with E-state index in [1.54, 1.807) is 4.90 Å². The van der Waals surface area contributed by atoms with Crippen molar-refractivity contribution in [3.05, 3.63) is 106 Å². The van der Waals surface area contributed by atoms with E-state index in [1.165, 1.54) is 0 Å². The van der Waals surface area contributed by atoms with Gasteiger partial charge < -0.3 is 10.2 Å². The topological polar surface area (TPSA) is 49.4 Å². The quantitative estimate of drug-likeness (QED) is 0.410. The van der Waals surface area contributed by atoms with Crippen LogP contribution >= 0.6 is 11.6 Å². The molecule has 3 aromatic rings. The van der Waals surface area contributed by atoms with Gasteiger partial charge in [0.05, 0.1) is 6.42 Å². The van der Waals surface area contributed by atoms with Crippen LogP contribution in [-0.4, -0.2) is 29.3 Å². The van der Waals surface area contributed by atoms with Crippen molar-refractivity contribution < 1.29 is 9.59 Å². The second-order valence-electron chi connectivity index (χ2n) is 8.82. The lowest BCUT2D eigenvalue weighted by molar-refractivity contribution is -0.140. The van der Waals surface area contributed by atoms with Crippen molar-refractivity contribution in [1.82, 2.24) is 10.2 Å². The zero-order chi connectivity index (χ0) is 24.5. The lowest BCUT2D eigenvalue weighted by atomic mass is 10.0. The fraction of sp³-hybridized carbons (Fsp3) is 0.310. The predicted molar refractivity (Wildman–Crippen MR) is 139 cm³/mol. The van der Waals surface area contributed by atoms with Crippen LogP contribution in [0.1, 0.15) is 41.2 Å². The van der Waals surface area contributed by atoms with Gasteiger partial charge in [0.15, 0.2) is 0 Å². The Hall–Kier alpha value is -3.11. The molecule has 0 saturated heterocycles. The fourth-order valence-corrected chi connectivity index (χ4v) is 4.28. The van der Waals surface area contributed by atoms with E-state index >= 15 is 0 Å². The van der Waals surface area contributed by atoms with Crippen molar-refractivity contribution in [2.45, 2.75) is 52.6 Å². The summed E-state index contributed by atoms with van der Waals surface area (Å²) in [5.74, 6) is -0.207. The normalized spacial score (nSPS) is 11.6. The minimum atomic E-state index is -0.622. The summed E-state index contributed by atoms with van der Waals surface area (Å²) in [5, 5.41) is 3.65. The Balaban J connectivity index is 1.96. The Morgan fingerprint density at radius 2 is 1.53 bits per heavy atom. The van der Waals surface area contributed by atoms with Crippen LogP contribution in [0.5, 0.6) is 0 Å². The molecule has 0 fully saturated rings. The predicted octanol–water partition coefficient (Wildman–Crippen LogP) is 5.67. The van der Waals surface area contributed by atoms with Gasteiger partial charge in [0, 0.05) is 24.5 Å². The molecule has 0 heterocycles. The molecule has 0 aliphatic heterocycles. The number of amides is 2. The summed E-state index contributed by atoms with van der Waals surface area (Å²) >= 11 is 6.08. The van der Waals surface area contributed by atoms with Gasteiger partial charge in [0.25, 0.3) is 0 Å². The average molecular weight is 477 g/mol. The smallest absolute Gasteiger partial charge is 0.243 e. The second kappa shape index (κ2) is 12.4. The molecular formula is C29H33ClN2O2. The third kappa shape index (κ3) is 7.46. The molecule has 0 aromatic heterocycles. The first kappa shape index (κ1) is 25.5. The summed E-state index contributed by atoms with van der Waals surface area (Å²) in [4.78, 5) is 28.8. The number of nitrogens with zero attached hydrogens (tertiary/aromatic N) is 1. The number of rotatable bonds is 10. The third-order valence-corrected chi connectivity index (χ3v) is 5.98. The van der Waals surface area contributed by atoms with Gasteiger partial charge >= 0.3 is 0 Å². The molecule has 0 spiro atoms. The summed E-state index contributed by atoms with van der Waals surface area (Å²) in [6.45, 7) is 6.98. The van der Waals surface area contributed by atoms with E-state index in [2.05, 4.69) is 11.4 Å². The molecule has 0 bridgehead atoms. The van der Waals surface area contributed by atoms with Crippen molar-refractivity contribution in [2.75, 3.05) is 6.54 Å². The lowest BCUT2D eigenvalue weighted by Crippen LogP contribution is -2.51. The molecule has 34 heavy (non-hydrogen) atoms. The highest BCUT2D eigenvalue weighted by Gasteiger charge is 2.30. The molecule has 0 saturated carbocycles. The SMILES string of the molecule is CCCNC(=O)[C@H](Cc1ccccc1)N(Cc1ccc(Cl)cc1)C(=O)Cc1cc(C)cc(C)c1. The van der Waals surface area contributed by atoms with Crippen LogP contribution in [0.15, 0.2) is 72.8 Å². The number of aryl methyl sites for hydroxylation is 2. The number of nitrogens with one attached hydrogen (secondary N) is 1. The maximum Gasteiger partial charge on any atom is 0.243 e. The average Bonchev–Trinajstić information content (AvgIpc) is 2.81. The fourth-order valence-electron chi connectivity index (χ4n) is 4.15. The molecule has 178 valence electrons. The van der Waals surface area contributed by atoms with E-state index in [1.807, 2.05) is 87.5 Å². The maximum atomic E-state index is 13.7. The standard InChI is InChI=1S/C29H33ClN2O2/c1-4-14-31-29(34)27(18-23-8-6-5-7-9-23)32(20-24-10-12-26(30)13-11-24)28(33)19-25-16-21(2)15-22(3)17-25/h5-13,15-17,27H,4,14,18-20H2,1-3H3,(H,31,34)/t27-/m0/s1. The van der Waals surface area contributed by atoms with Crippen molar-refractivity contribution in [2.24, 2.45) is 0 Å². The molecule has 0 aliphatic carbocycles. The molecule has 3 aromatic carbocycles. The Morgan fingerprint density at radius 3 is 2.15 bits per heavy atom. The summed E-state index contributed by atoms with van der Waals surface area (Å²) in [5.41, 5.74) is 5.14. The van der Waals surface area contributed by atoms with Gasteiger partial charge in [-0.2, -0.15) is 0 Å². The highest BCUT2D eigenvalue weighted by Crippen LogP contribution is 2.19. The van der Waals surface area contributed by atoms with E-state index in [9.17, 15) is 9.59 Å². The summed E-state index contributed by atoms with van der Waals surface area (Å²) in [7, 11) is 0. The van der Waals surface area contributed by atoms with E-state index < -0.39 is 6.04 Å². The Labute approximate surface area is 207 Å². The third-order valence-electron chi connectivity index (χ3n) is 5.72. The molecule has 3 rings (SSSR count). The van der Waals surface area contributed by atoms with E-state index in [0.29, 0.717) is 24.5 Å². The van der Waals surface area contributed by atoms with Crippen LogP contribution < -0.4 is 5.32 Å². The number of carbonyl (C=O) groups is 2. The first-order valence-corrected chi connectivity index (χ1v) is 12.2. The number of hydrogen-bond acceptors (Lipinski definition) is 2. The lowest BCUT2D eigenvalue weighted by Gasteiger charge is -2.32. The summed E-state index contributed by atoms with van der Waals surface area (Å²) in [6.07, 6.45) is 1.52. The summed E-state index contributed by atoms with van der Waals surface area (Å²) < 4.78 is 0. The van der Waals surface area contributed by atoms with Crippen molar-refractivity contribution in [3.63, 3.8) is 0 Å². The molecule has 1 atom stereocenters. The molecule has 0 unspecified atom stereocenters.